The number of hydrogen-bond donors (Lipinski definition) is 1. The van der Waals surface area contributed by atoms with Gasteiger partial charge in [-0.25, -0.2) is 4.98 Å². The van der Waals surface area contributed by atoms with Gasteiger partial charge in [0.05, 0.1) is 29.7 Å². The number of ether oxygens (including phenoxy) is 1. The monoisotopic (exact) mass is 366 g/mol. The van der Waals surface area contributed by atoms with Gasteiger partial charge in [0, 0.05) is 0 Å². The summed E-state index contributed by atoms with van der Waals surface area (Å²) in [6.07, 6.45) is 2.28. The molecule has 1 heterocycles. The third-order valence-corrected chi connectivity index (χ3v) is 4.69. The van der Waals surface area contributed by atoms with E-state index in [1.54, 1.807) is 4.57 Å². The summed E-state index contributed by atoms with van der Waals surface area (Å²) in [6, 6.07) is 15.3. The van der Waals surface area contributed by atoms with E-state index in [4.69, 9.17) is 9.72 Å². The Morgan fingerprint density at radius 3 is 2.63 bits per heavy atom. The molecule has 0 radical (unpaired) electrons. The third kappa shape index (κ3) is 4.03. The number of aromatic nitrogens is 2. The molecule has 27 heavy (non-hydrogen) atoms. The van der Waals surface area contributed by atoms with Crippen molar-refractivity contribution in [2.45, 2.75) is 39.7 Å². The van der Waals surface area contributed by atoms with Gasteiger partial charge in [0.25, 0.3) is 5.56 Å². The van der Waals surface area contributed by atoms with Crippen molar-refractivity contribution >= 4 is 10.9 Å². The highest BCUT2D eigenvalue weighted by atomic mass is 16.5. The zero-order chi connectivity index (χ0) is 19.2. The molecule has 2 aromatic carbocycles. The number of nitrogens with zero attached hydrogens (tertiary/aromatic N) is 2. The Morgan fingerprint density at radius 1 is 1.11 bits per heavy atom. The van der Waals surface area contributed by atoms with Crippen LogP contribution in [0.2, 0.25) is 0 Å². The summed E-state index contributed by atoms with van der Waals surface area (Å²) in [5, 5.41) is 2.87. The Kier molecular flexibility index (Phi) is 6.24. The quantitative estimate of drug-likeness (QED) is 0.623. The summed E-state index contributed by atoms with van der Waals surface area (Å²) in [5.41, 5.74) is 1.42. The third-order valence-electron chi connectivity index (χ3n) is 4.69. The van der Waals surface area contributed by atoms with Crippen LogP contribution in [0.1, 0.15) is 45.5 Å². The van der Waals surface area contributed by atoms with Crippen LogP contribution in [0.4, 0.5) is 0 Å². The van der Waals surface area contributed by atoms with Crippen LogP contribution in [0.5, 0.6) is 5.75 Å². The standard InChI is InChI=1S/C22H27N3O2/c1-4-6-15-23-16(3)21-24-18-12-8-7-11-17(18)22(26)25(21)19-13-9-10-14-20(19)27-5-2/h7-14,16,23H,4-6,15H2,1-3H3/p+1/t16-/m0/s1. The van der Waals surface area contributed by atoms with Crippen LogP contribution in [0.25, 0.3) is 16.6 Å². The van der Waals surface area contributed by atoms with Crippen LogP contribution < -0.4 is 15.6 Å². The summed E-state index contributed by atoms with van der Waals surface area (Å²) >= 11 is 0. The Balaban J connectivity index is 2.21. The Bertz CT molecular complexity index is 965. The van der Waals surface area contributed by atoms with Crippen LogP contribution in [0, 0.1) is 0 Å². The normalized spacial score (nSPS) is 12.3. The fourth-order valence-corrected chi connectivity index (χ4v) is 3.28. The molecule has 0 fully saturated rings. The van der Waals surface area contributed by atoms with E-state index in [-0.39, 0.29) is 11.6 Å². The highest BCUT2D eigenvalue weighted by Gasteiger charge is 2.21. The predicted octanol–water partition coefficient (Wildman–Crippen LogP) is 3.21. The Hall–Kier alpha value is -2.66. The predicted molar refractivity (Wildman–Crippen MR) is 109 cm³/mol. The molecule has 0 aliphatic heterocycles. The van der Waals surface area contributed by atoms with E-state index in [2.05, 4.69) is 19.2 Å². The highest BCUT2D eigenvalue weighted by molar-refractivity contribution is 5.78. The van der Waals surface area contributed by atoms with Crippen molar-refractivity contribution in [1.82, 2.24) is 9.55 Å². The number of rotatable bonds is 8. The fourth-order valence-electron chi connectivity index (χ4n) is 3.28. The lowest BCUT2D eigenvalue weighted by molar-refractivity contribution is -0.694. The van der Waals surface area contributed by atoms with Crippen LogP contribution in [0.15, 0.2) is 53.3 Å². The number of nitrogens with two attached hydrogens (primary N) is 1. The van der Waals surface area contributed by atoms with Gasteiger partial charge < -0.3 is 10.1 Å². The summed E-state index contributed by atoms with van der Waals surface area (Å²) < 4.78 is 7.52. The van der Waals surface area contributed by atoms with Gasteiger partial charge >= 0.3 is 0 Å². The lowest BCUT2D eigenvalue weighted by Crippen LogP contribution is -2.85. The number of unbranched alkanes of at least 4 members (excludes halogenated alkanes) is 1. The molecule has 3 rings (SSSR count). The van der Waals surface area contributed by atoms with E-state index in [9.17, 15) is 4.79 Å². The van der Waals surface area contributed by atoms with Gasteiger partial charge in [-0.2, -0.15) is 0 Å². The van der Waals surface area contributed by atoms with Crippen molar-refractivity contribution in [3.05, 3.63) is 64.7 Å². The molecule has 0 spiro atoms. The van der Waals surface area contributed by atoms with E-state index < -0.39 is 0 Å². The molecular weight excluding hydrogens is 338 g/mol. The number of para-hydroxylation sites is 3. The smallest absolute Gasteiger partial charge is 0.266 e. The molecule has 3 aromatic rings. The molecule has 0 aliphatic rings. The number of quaternary nitrogens is 1. The maximum Gasteiger partial charge on any atom is 0.266 e. The maximum absolute atomic E-state index is 13.4. The van der Waals surface area contributed by atoms with Crippen molar-refractivity contribution in [2.75, 3.05) is 13.2 Å². The molecule has 1 aromatic heterocycles. The average molecular weight is 366 g/mol. The Morgan fingerprint density at radius 2 is 1.85 bits per heavy atom. The van der Waals surface area contributed by atoms with E-state index in [0.717, 1.165) is 36.4 Å². The van der Waals surface area contributed by atoms with Crippen molar-refractivity contribution in [3.63, 3.8) is 0 Å². The number of hydrogen-bond acceptors (Lipinski definition) is 3. The molecule has 1 atom stereocenters. The number of fused-ring (bicyclic) bond motifs is 1. The second-order valence-corrected chi connectivity index (χ2v) is 6.70. The second-order valence-electron chi connectivity index (χ2n) is 6.70. The SMILES string of the molecule is CCCC[NH2+][C@@H](C)c1nc2ccccc2c(=O)n1-c1ccccc1OCC. The topological polar surface area (TPSA) is 60.7 Å². The minimum atomic E-state index is -0.0569. The van der Waals surface area contributed by atoms with Crippen LogP contribution >= 0.6 is 0 Å². The van der Waals surface area contributed by atoms with Crippen LogP contribution in [-0.4, -0.2) is 22.7 Å². The lowest BCUT2D eigenvalue weighted by atomic mass is 10.2. The van der Waals surface area contributed by atoms with Crippen molar-refractivity contribution in [1.29, 1.82) is 0 Å². The van der Waals surface area contributed by atoms with Gasteiger partial charge in [0.1, 0.15) is 11.8 Å². The molecule has 0 bridgehead atoms. The summed E-state index contributed by atoms with van der Waals surface area (Å²) in [7, 11) is 0. The van der Waals surface area contributed by atoms with Gasteiger partial charge in [-0.1, -0.05) is 37.6 Å². The average Bonchev–Trinajstić information content (AvgIpc) is 2.69. The largest absolute Gasteiger partial charge is 0.492 e. The highest BCUT2D eigenvalue weighted by Crippen LogP contribution is 2.24. The minimum absolute atomic E-state index is 0.0569. The molecule has 0 unspecified atom stereocenters. The van der Waals surface area contributed by atoms with Crippen molar-refractivity contribution in [2.24, 2.45) is 0 Å². The first-order valence-corrected chi connectivity index (χ1v) is 9.74. The summed E-state index contributed by atoms with van der Waals surface area (Å²) in [5.74, 6) is 1.45. The minimum Gasteiger partial charge on any atom is -0.492 e. The van der Waals surface area contributed by atoms with Gasteiger partial charge in [-0.05, 0) is 44.5 Å². The van der Waals surface area contributed by atoms with Crippen LogP contribution in [-0.2, 0) is 0 Å². The van der Waals surface area contributed by atoms with E-state index >= 15 is 0 Å². The first kappa shape index (κ1) is 19.1. The van der Waals surface area contributed by atoms with Crippen LogP contribution in [0.3, 0.4) is 0 Å². The molecule has 0 saturated carbocycles. The molecule has 5 heteroatoms. The zero-order valence-electron chi connectivity index (χ0n) is 16.3. The number of benzene rings is 2. The summed E-state index contributed by atoms with van der Waals surface area (Å²) in [6.45, 7) is 7.78. The van der Waals surface area contributed by atoms with Crippen molar-refractivity contribution < 1.29 is 10.1 Å². The van der Waals surface area contributed by atoms with Gasteiger partial charge in [0.2, 0.25) is 0 Å². The molecule has 2 N–H and O–H groups in total. The first-order valence-electron chi connectivity index (χ1n) is 9.74. The van der Waals surface area contributed by atoms with Gasteiger partial charge in [-0.3, -0.25) is 9.36 Å². The molecule has 0 saturated heterocycles. The first-order chi connectivity index (χ1) is 13.2. The molecule has 0 aliphatic carbocycles. The summed E-state index contributed by atoms with van der Waals surface area (Å²) in [4.78, 5) is 18.3. The maximum atomic E-state index is 13.4. The van der Waals surface area contributed by atoms with E-state index in [1.165, 1.54) is 0 Å². The van der Waals surface area contributed by atoms with E-state index in [1.807, 2.05) is 55.5 Å². The molecular formula is C22H28N3O2+. The van der Waals surface area contributed by atoms with E-state index in [0.29, 0.717) is 17.7 Å². The fraction of sp³-hybridized carbons (Fsp3) is 0.364. The molecule has 5 nitrogen and oxygen atoms in total. The van der Waals surface area contributed by atoms with Gasteiger partial charge in [-0.15, -0.1) is 0 Å². The molecule has 0 amide bonds. The lowest BCUT2D eigenvalue weighted by Gasteiger charge is -2.19. The molecule has 142 valence electrons. The van der Waals surface area contributed by atoms with Crippen molar-refractivity contribution in [3.8, 4) is 11.4 Å². The second kappa shape index (κ2) is 8.82. The Labute approximate surface area is 160 Å². The van der Waals surface area contributed by atoms with Gasteiger partial charge in [0.15, 0.2) is 5.82 Å². The zero-order valence-corrected chi connectivity index (χ0v) is 16.3.